The molecule has 1 spiro atoms. The number of piperidine rings is 1. The lowest BCUT2D eigenvalue weighted by Gasteiger charge is -2.41. The summed E-state index contributed by atoms with van der Waals surface area (Å²) in [5.41, 5.74) is 1.92. The first-order valence-corrected chi connectivity index (χ1v) is 10.3. The normalized spacial score (nSPS) is 31.3. The Morgan fingerprint density at radius 2 is 2.00 bits per heavy atom. The monoisotopic (exact) mass is 367 g/mol. The van der Waals surface area contributed by atoms with E-state index in [1.54, 1.807) is 0 Å². The Bertz CT molecular complexity index is 735. The SMILES string of the molecule is N#CCc1cccc(N2CCC[C@]3(CCN(C4CCC(O)CC4)C3=O)C2)c1. The fourth-order valence-corrected chi connectivity index (χ4v) is 5.25. The van der Waals surface area contributed by atoms with Crippen LogP contribution in [0.5, 0.6) is 0 Å². The lowest BCUT2D eigenvalue weighted by molar-refractivity contribution is -0.139. The van der Waals surface area contributed by atoms with Gasteiger partial charge in [-0.1, -0.05) is 12.1 Å². The van der Waals surface area contributed by atoms with Crippen LogP contribution in [0.3, 0.4) is 0 Å². The molecule has 1 saturated carbocycles. The van der Waals surface area contributed by atoms with Crippen LogP contribution in [0.1, 0.15) is 50.5 Å². The standard InChI is InChI=1S/C22H29N3O2/c23-12-9-17-3-1-4-19(15-17)24-13-2-10-22(16-24)11-14-25(21(22)27)18-5-7-20(26)8-6-18/h1,3-4,15,18,20,26H,2,5-11,13-14,16H2/t18?,20?,22-/m0/s1. The summed E-state index contributed by atoms with van der Waals surface area (Å²) in [5.74, 6) is 0.335. The summed E-state index contributed by atoms with van der Waals surface area (Å²) < 4.78 is 0. The van der Waals surface area contributed by atoms with Crippen molar-refractivity contribution in [3.8, 4) is 6.07 Å². The molecule has 5 nitrogen and oxygen atoms in total. The largest absolute Gasteiger partial charge is 0.393 e. The third-order valence-corrected chi connectivity index (χ3v) is 6.79. The number of aliphatic hydroxyl groups excluding tert-OH is 1. The van der Waals surface area contributed by atoms with Crippen LogP contribution in [0.2, 0.25) is 0 Å². The molecular formula is C22H29N3O2. The van der Waals surface area contributed by atoms with Crippen LogP contribution in [0, 0.1) is 16.7 Å². The molecule has 2 saturated heterocycles. The van der Waals surface area contributed by atoms with Gasteiger partial charge < -0.3 is 14.9 Å². The zero-order valence-electron chi connectivity index (χ0n) is 15.9. The third kappa shape index (κ3) is 3.55. The van der Waals surface area contributed by atoms with Crippen molar-refractivity contribution in [1.82, 2.24) is 4.90 Å². The van der Waals surface area contributed by atoms with Crippen molar-refractivity contribution in [1.29, 1.82) is 5.26 Å². The highest BCUT2D eigenvalue weighted by atomic mass is 16.3. The zero-order valence-corrected chi connectivity index (χ0v) is 15.9. The van der Waals surface area contributed by atoms with Crippen LogP contribution >= 0.6 is 0 Å². The molecule has 1 aromatic carbocycles. The second kappa shape index (κ2) is 7.52. The highest BCUT2D eigenvalue weighted by molar-refractivity contribution is 5.86. The van der Waals surface area contributed by atoms with Crippen LogP contribution in [0.15, 0.2) is 24.3 Å². The van der Waals surface area contributed by atoms with Crippen LogP contribution in [-0.2, 0) is 11.2 Å². The number of hydrogen-bond donors (Lipinski definition) is 1. The third-order valence-electron chi connectivity index (χ3n) is 6.79. The lowest BCUT2D eigenvalue weighted by atomic mass is 9.78. The van der Waals surface area contributed by atoms with Crippen molar-refractivity contribution in [3.05, 3.63) is 29.8 Å². The molecule has 0 unspecified atom stereocenters. The van der Waals surface area contributed by atoms with Crippen molar-refractivity contribution >= 4 is 11.6 Å². The Hall–Kier alpha value is -2.06. The Morgan fingerprint density at radius 3 is 2.78 bits per heavy atom. The summed E-state index contributed by atoms with van der Waals surface area (Å²) in [4.78, 5) is 17.9. The predicted octanol–water partition coefficient (Wildman–Crippen LogP) is 2.88. The van der Waals surface area contributed by atoms with E-state index in [9.17, 15) is 9.90 Å². The zero-order chi connectivity index (χ0) is 18.9. The number of nitriles is 1. The number of anilines is 1. The Labute approximate surface area is 161 Å². The van der Waals surface area contributed by atoms with E-state index in [1.165, 1.54) is 0 Å². The highest BCUT2D eigenvalue weighted by Crippen LogP contribution is 2.43. The number of aliphatic hydroxyl groups is 1. The van der Waals surface area contributed by atoms with Crippen LogP contribution in [-0.4, -0.2) is 47.7 Å². The molecule has 144 valence electrons. The fourth-order valence-electron chi connectivity index (χ4n) is 5.25. The first kappa shape index (κ1) is 18.3. The number of amides is 1. The quantitative estimate of drug-likeness (QED) is 0.892. The maximum Gasteiger partial charge on any atom is 0.230 e. The number of carbonyl (C=O) groups is 1. The summed E-state index contributed by atoms with van der Waals surface area (Å²) >= 11 is 0. The molecule has 0 aromatic heterocycles. The summed E-state index contributed by atoms with van der Waals surface area (Å²) in [6.45, 7) is 2.62. The lowest BCUT2D eigenvalue weighted by Crippen LogP contribution is -2.50. The maximum absolute atomic E-state index is 13.4. The number of nitrogens with zero attached hydrogens (tertiary/aromatic N) is 3. The molecule has 27 heavy (non-hydrogen) atoms. The molecule has 4 rings (SSSR count). The van der Waals surface area contributed by atoms with Gasteiger partial charge in [-0.25, -0.2) is 0 Å². The summed E-state index contributed by atoms with van der Waals surface area (Å²) in [5, 5.41) is 18.7. The van der Waals surface area contributed by atoms with Crippen molar-refractivity contribution in [2.24, 2.45) is 5.41 Å². The van der Waals surface area contributed by atoms with Crippen LogP contribution in [0.4, 0.5) is 5.69 Å². The molecule has 0 radical (unpaired) electrons. The number of benzene rings is 1. The molecule has 1 aromatic rings. The van der Waals surface area contributed by atoms with Gasteiger partial charge in [0.15, 0.2) is 0 Å². The summed E-state index contributed by atoms with van der Waals surface area (Å²) in [6.07, 6.45) is 6.70. The number of rotatable bonds is 3. The van der Waals surface area contributed by atoms with E-state index in [2.05, 4.69) is 28.0 Å². The second-order valence-electron chi connectivity index (χ2n) is 8.52. The molecule has 1 amide bonds. The van der Waals surface area contributed by atoms with Crippen LogP contribution < -0.4 is 4.90 Å². The van der Waals surface area contributed by atoms with Gasteiger partial charge in [0.05, 0.1) is 24.0 Å². The van der Waals surface area contributed by atoms with E-state index >= 15 is 0 Å². The molecule has 2 aliphatic heterocycles. The highest BCUT2D eigenvalue weighted by Gasteiger charge is 2.50. The maximum atomic E-state index is 13.4. The van der Waals surface area contributed by atoms with Gasteiger partial charge in [-0.05, 0) is 62.6 Å². The van der Waals surface area contributed by atoms with E-state index in [-0.39, 0.29) is 11.5 Å². The van der Waals surface area contributed by atoms with E-state index in [0.29, 0.717) is 18.4 Å². The molecular weight excluding hydrogens is 338 g/mol. The molecule has 3 aliphatic rings. The number of hydrogen-bond acceptors (Lipinski definition) is 4. The summed E-state index contributed by atoms with van der Waals surface area (Å²) in [7, 11) is 0. The van der Waals surface area contributed by atoms with Gasteiger partial charge in [-0.15, -0.1) is 0 Å². The van der Waals surface area contributed by atoms with E-state index in [1.807, 2.05) is 12.1 Å². The molecule has 2 heterocycles. The van der Waals surface area contributed by atoms with E-state index in [4.69, 9.17) is 5.26 Å². The fraction of sp³-hybridized carbons (Fsp3) is 0.636. The Balaban J connectivity index is 1.48. The topological polar surface area (TPSA) is 67.6 Å². The molecule has 3 fully saturated rings. The van der Waals surface area contributed by atoms with Gasteiger partial charge >= 0.3 is 0 Å². The Morgan fingerprint density at radius 1 is 1.19 bits per heavy atom. The molecule has 5 heteroatoms. The minimum absolute atomic E-state index is 0.182. The number of carbonyl (C=O) groups excluding carboxylic acids is 1. The van der Waals surface area contributed by atoms with Crippen molar-refractivity contribution in [3.63, 3.8) is 0 Å². The average Bonchev–Trinajstić information content (AvgIpc) is 2.99. The average molecular weight is 367 g/mol. The first-order chi connectivity index (χ1) is 13.1. The molecule has 0 bridgehead atoms. The number of likely N-dealkylation sites (tertiary alicyclic amines) is 1. The van der Waals surface area contributed by atoms with Crippen LogP contribution in [0.25, 0.3) is 0 Å². The van der Waals surface area contributed by atoms with Gasteiger partial charge in [0, 0.05) is 31.4 Å². The van der Waals surface area contributed by atoms with Crippen molar-refractivity contribution in [2.45, 2.75) is 63.5 Å². The minimum atomic E-state index is -0.250. The van der Waals surface area contributed by atoms with Gasteiger partial charge in [0.1, 0.15) is 0 Å². The molecule has 1 aliphatic carbocycles. The van der Waals surface area contributed by atoms with Crippen molar-refractivity contribution < 1.29 is 9.90 Å². The van der Waals surface area contributed by atoms with Gasteiger partial charge in [0.25, 0.3) is 0 Å². The summed E-state index contributed by atoms with van der Waals surface area (Å²) in [6, 6.07) is 10.7. The first-order valence-electron chi connectivity index (χ1n) is 10.3. The Kier molecular flexibility index (Phi) is 5.10. The predicted molar refractivity (Wildman–Crippen MR) is 104 cm³/mol. The van der Waals surface area contributed by atoms with Gasteiger partial charge in [-0.2, -0.15) is 5.26 Å². The van der Waals surface area contributed by atoms with E-state index < -0.39 is 0 Å². The van der Waals surface area contributed by atoms with Gasteiger partial charge in [-0.3, -0.25) is 4.79 Å². The second-order valence-corrected chi connectivity index (χ2v) is 8.52. The molecule has 1 N–H and O–H groups in total. The minimum Gasteiger partial charge on any atom is -0.393 e. The van der Waals surface area contributed by atoms with E-state index in [0.717, 1.165) is 75.8 Å². The van der Waals surface area contributed by atoms with Crippen molar-refractivity contribution in [2.75, 3.05) is 24.5 Å². The molecule has 1 atom stereocenters. The smallest absolute Gasteiger partial charge is 0.230 e. The van der Waals surface area contributed by atoms with Gasteiger partial charge in [0.2, 0.25) is 5.91 Å².